The van der Waals surface area contributed by atoms with Gasteiger partial charge in [0.25, 0.3) is 0 Å². The average molecular weight is 364 g/mol. The Labute approximate surface area is 156 Å². The number of halogens is 1. The van der Waals surface area contributed by atoms with Gasteiger partial charge in [0.1, 0.15) is 5.15 Å². The molecule has 0 aliphatic carbocycles. The zero-order valence-electron chi connectivity index (χ0n) is 15.5. The summed E-state index contributed by atoms with van der Waals surface area (Å²) in [6.45, 7) is 9.31. The van der Waals surface area contributed by atoms with Crippen LogP contribution in [0.4, 0.5) is 0 Å². The zero-order valence-corrected chi connectivity index (χ0v) is 16.3. The second-order valence-corrected chi connectivity index (χ2v) is 8.65. The van der Waals surface area contributed by atoms with Gasteiger partial charge in [-0.3, -0.25) is 9.69 Å². The van der Waals surface area contributed by atoms with Crippen LogP contribution >= 0.6 is 11.6 Å². The van der Waals surface area contributed by atoms with Crippen molar-refractivity contribution in [2.45, 2.75) is 52.5 Å². The molecule has 2 fully saturated rings. The Bertz CT molecular complexity index is 606. The monoisotopic (exact) mass is 363 g/mol. The molecular weight excluding hydrogens is 334 g/mol. The molecule has 1 aromatic heterocycles. The van der Waals surface area contributed by atoms with E-state index < -0.39 is 0 Å². The molecule has 3 rings (SSSR count). The van der Waals surface area contributed by atoms with Gasteiger partial charge >= 0.3 is 0 Å². The van der Waals surface area contributed by atoms with Crippen LogP contribution in [0.15, 0.2) is 18.2 Å². The molecule has 5 heteroatoms. The van der Waals surface area contributed by atoms with Crippen LogP contribution in [0.2, 0.25) is 5.15 Å². The Kier molecular flexibility index (Phi) is 6.00. The number of likely N-dealkylation sites (tertiary alicyclic amines) is 2. The first-order chi connectivity index (χ1) is 12.0. The second-order valence-electron chi connectivity index (χ2n) is 8.26. The number of carbonyl (C=O) groups is 1. The van der Waals surface area contributed by atoms with Gasteiger partial charge in [-0.2, -0.15) is 0 Å². The smallest absolute Gasteiger partial charge is 0.222 e. The molecule has 1 spiro atoms. The number of piperidine rings is 2. The second kappa shape index (κ2) is 8.05. The van der Waals surface area contributed by atoms with Gasteiger partial charge in [-0.15, -0.1) is 0 Å². The molecule has 0 bridgehead atoms. The highest BCUT2D eigenvalue weighted by atomic mass is 35.5. The molecule has 25 heavy (non-hydrogen) atoms. The molecule has 1 aromatic rings. The van der Waals surface area contributed by atoms with Gasteiger partial charge in [0, 0.05) is 38.0 Å². The summed E-state index contributed by atoms with van der Waals surface area (Å²) in [6.07, 6.45) is 5.27. The van der Waals surface area contributed by atoms with Crippen LogP contribution in [0.5, 0.6) is 0 Å². The first kappa shape index (κ1) is 18.7. The predicted octanol–water partition coefficient (Wildman–Crippen LogP) is 3.99. The van der Waals surface area contributed by atoms with Crippen molar-refractivity contribution in [1.82, 2.24) is 14.8 Å². The Hall–Kier alpha value is -1.13. The first-order valence-corrected chi connectivity index (χ1v) is 9.95. The van der Waals surface area contributed by atoms with Crippen molar-refractivity contribution in [3.8, 4) is 0 Å². The molecule has 4 nitrogen and oxygen atoms in total. The highest BCUT2D eigenvalue weighted by Gasteiger charge is 2.41. The van der Waals surface area contributed by atoms with Crippen LogP contribution in [0.1, 0.15) is 51.6 Å². The maximum Gasteiger partial charge on any atom is 0.222 e. The highest BCUT2D eigenvalue weighted by Crippen LogP contribution is 2.39. The normalized spacial score (nSPS) is 25.1. The summed E-state index contributed by atoms with van der Waals surface area (Å²) < 4.78 is 0. The van der Waals surface area contributed by atoms with E-state index in [1.807, 2.05) is 18.2 Å². The molecule has 2 aliphatic heterocycles. The predicted molar refractivity (Wildman–Crippen MR) is 101 cm³/mol. The van der Waals surface area contributed by atoms with Gasteiger partial charge in [0.2, 0.25) is 5.91 Å². The van der Waals surface area contributed by atoms with E-state index in [2.05, 4.69) is 28.6 Å². The van der Waals surface area contributed by atoms with Crippen LogP contribution in [-0.4, -0.2) is 46.9 Å². The number of amides is 1. The summed E-state index contributed by atoms with van der Waals surface area (Å²) in [7, 11) is 0. The topological polar surface area (TPSA) is 36.4 Å². The van der Waals surface area contributed by atoms with Crippen LogP contribution < -0.4 is 0 Å². The molecule has 2 aliphatic rings. The molecule has 0 radical (unpaired) electrons. The van der Waals surface area contributed by atoms with Crippen molar-refractivity contribution in [2.24, 2.45) is 11.3 Å². The molecule has 138 valence electrons. The van der Waals surface area contributed by atoms with Gasteiger partial charge in [-0.05, 0) is 50.3 Å². The van der Waals surface area contributed by atoms with Crippen LogP contribution in [0.3, 0.4) is 0 Å². The molecule has 0 saturated carbocycles. The number of nitrogens with zero attached hydrogens (tertiary/aromatic N) is 3. The minimum absolute atomic E-state index is 0.266. The van der Waals surface area contributed by atoms with Crippen LogP contribution in [0.25, 0.3) is 0 Å². The lowest BCUT2D eigenvalue weighted by Crippen LogP contribution is -2.54. The van der Waals surface area contributed by atoms with E-state index in [0.29, 0.717) is 23.4 Å². The van der Waals surface area contributed by atoms with E-state index in [4.69, 9.17) is 11.6 Å². The first-order valence-electron chi connectivity index (χ1n) is 9.57. The summed E-state index contributed by atoms with van der Waals surface area (Å²) in [5.41, 5.74) is 1.30. The van der Waals surface area contributed by atoms with Crippen molar-refractivity contribution in [1.29, 1.82) is 0 Å². The largest absolute Gasteiger partial charge is 0.342 e. The third-order valence-corrected chi connectivity index (χ3v) is 5.83. The Morgan fingerprint density at radius 1 is 1.28 bits per heavy atom. The Morgan fingerprint density at radius 2 is 2.12 bits per heavy atom. The SMILES string of the molecule is CC(C)CCN1C[C@]2(CCCN(Cc3cccc(Cl)n3)C2)CCC1=O. The van der Waals surface area contributed by atoms with E-state index in [-0.39, 0.29) is 5.41 Å². The van der Waals surface area contributed by atoms with Gasteiger partial charge in [0.05, 0.1) is 5.69 Å². The van der Waals surface area contributed by atoms with Crippen molar-refractivity contribution >= 4 is 17.5 Å². The standard InChI is InChI=1S/C20H30ClN3O/c1-16(2)8-12-24-15-20(10-7-19(24)25)9-4-11-23(14-20)13-17-5-3-6-18(21)22-17/h3,5-6,16H,4,7-15H2,1-2H3/t20-/m1/s1. The number of pyridine rings is 1. The maximum atomic E-state index is 12.3. The summed E-state index contributed by atoms with van der Waals surface area (Å²) in [6, 6.07) is 5.84. The lowest BCUT2D eigenvalue weighted by atomic mass is 9.73. The molecule has 0 unspecified atom stereocenters. The van der Waals surface area contributed by atoms with Crippen LogP contribution in [0, 0.1) is 11.3 Å². The number of aromatic nitrogens is 1. The zero-order chi connectivity index (χ0) is 17.9. The van der Waals surface area contributed by atoms with E-state index in [1.165, 1.54) is 12.8 Å². The van der Waals surface area contributed by atoms with E-state index in [1.54, 1.807) is 0 Å². The van der Waals surface area contributed by atoms with Crippen molar-refractivity contribution < 1.29 is 4.79 Å². The Morgan fingerprint density at radius 3 is 2.88 bits per heavy atom. The van der Waals surface area contributed by atoms with Gasteiger partial charge < -0.3 is 4.90 Å². The summed E-state index contributed by atoms with van der Waals surface area (Å²) in [5.74, 6) is 0.988. The molecule has 0 aromatic carbocycles. The average Bonchev–Trinajstić information content (AvgIpc) is 2.56. The van der Waals surface area contributed by atoms with E-state index >= 15 is 0 Å². The number of hydrogen-bond donors (Lipinski definition) is 0. The molecule has 2 saturated heterocycles. The molecular formula is C20H30ClN3O. The van der Waals surface area contributed by atoms with Crippen molar-refractivity contribution in [3.63, 3.8) is 0 Å². The number of carbonyl (C=O) groups excluding carboxylic acids is 1. The quantitative estimate of drug-likeness (QED) is 0.742. The van der Waals surface area contributed by atoms with E-state index in [0.717, 1.165) is 51.3 Å². The summed E-state index contributed by atoms with van der Waals surface area (Å²) >= 11 is 6.03. The molecule has 1 atom stereocenters. The maximum absolute atomic E-state index is 12.3. The Balaban J connectivity index is 1.63. The number of rotatable bonds is 5. The third-order valence-electron chi connectivity index (χ3n) is 5.62. The summed E-state index contributed by atoms with van der Waals surface area (Å²) in [5, 5.41) is 0.562. The van der Waals surface area contributed by atoms with Crippen LogP contribution in [-0.2, 0) is 11.3 Å². The fourth-order valence-corrected chi connectivity index (χ4v) is 4.45. The fourth-order valence-electron chi connectivity index (χ4n) is 4.27. The van der Waals surface area contributed by atoms with Gasteiger partial charge in [-0.25, -0.2) is 4.98 Å². The lowest BCUT2D eigenvalue weighted by molar-refractivity contribution is -0.139. The molecule has 0 N–H and O–H groups in total. The van der Waals surface area contributed by atoms with Gasteiger partial charge in [-0.1, -0.05) is 31.5 Å². The number of hydrogen-bond acceptors (Lipinski definition) is 3. The molecule has 1 amide bonds. The lowest BCUT2D eigenvalue weighted by Gasteiger charge is -2.48. The van der Waals surface area contributed by atoms with Gasteiger partial charge in [0.15, 0.2) is 0 Å². The molecule has 3 heterocycles. The van der Waals surface area contributed by atoms with E-state index in [9.17, 15) is 4.79 Å². The minimum atomic E-state index is 0.266. The third kappa shape index (κ3) is 4.95. The summed E-state index contributed by atoms with van der Waals surface area (Å²) in [4.78, 5) is 21.4. The van der Waals surface area contributed by atoms with Crippen molar-refractivity contribution in [2.75, 3.05) is 26.2 Å². The highest BCUT2D eigenvalue weighted by molar-refractivity contribution is 6.29. The van der Waals surface area contributed by atoms with Crippen molar-refractivity contribution in [3.05, 3.63) is 29.0 Å². The minimum Gasteiger partial charge on any atom is -0.342 e. The fraction of sp³-hybridized carbons (Fsp3) is 0.700.